The van der Waals surface area contributed by atoms with Crippen LogP contribution in [0, 0.1) is 0 Å². The average Bonchev–Trinajstić information content (AvgIpc) is 2.54. The van der Waals surface area contributed by atoms with E-state index in [1.54, 1.807) is 12.1 Å². The van der Waals surface area contributed by atoms with Crippen LogP contribution in [0.1, 0.15) is 38.2 Å². The second-order valence-corrected chi connectivity index (χ2v) is 5.55. The molecule has 0 heterocycles. The number of benzene rings is 2. The highest BCUT2D eigenvalue weighted by Gasteiger charge is 2.10. The van der Waals surface area contributed by atoms with Gasteiger partial charge in [0.15, 0.2) is 11.5 Å². The van der Waals surface area contributed by atoms with Crippen LogP contribution in [-0.2, 0) is 6.42 Å². The maximum atomic E-state index is 9.76. The van der Waals surface area contributed by atoms with Crippen molar-refractivity contribution in [1.29, 1.82) is 0 Å². The van der Waals surface area contributed by atoms with Crippen molar-refractivity contribution in [3.05, 3.63) is 42.0 Å². The van der Waals surface area contributed by atoms with Crippen molar-refractivity contribution in [2.75, 3.05) is 7.11 Å². The predicted molar refractivity (Wildman–Crippen MR) is 89.6 cm³/mol. The summed E-state index contributed by atoms with van der Waals surface area (Å²) in [6.45, 7) is 2.22. The van der Waals surface area contributed by atoms with E-state index in [1.165, 1.54) is 38.4 Å². The monoisotopic (exact) mass is 300 g/mol. The Morgan fingerprint density at radius 3 is 2.27 bits per heavy atom. The molecule has 0 spiro atoms. The molecule has 0 fully saturated rings. The first-order chi connectivity index (χ1) is 10.7. The fourth-order valence-corrected chi connectivity index (χ4v) is 2.54. The van der Waals surface area contributed by atoms with E-state index in [-0.39, 0.29) is 17.2 Å². The summed E-state index contributed by atoms with van der Waals surface area (Å²) < 4.78 is 5.08. The first kappa shape index (κ1) is 16.2. The molecule has 0 aliphatic heterocycles. The third-order valence-corrected chi connectivity index (χ3v) is 3.88. The van der Waals surface area contributed by atoms with Crippen molar-refractivity contribution in [2.45, 2.75) is 39.0 Å². The third-order valence-electron chi connectivity index (χ3n) is 3.88. The summed E-state index contributed by atoms with van der Waals surface area (Å²) in [7, 11) is 1.47. The van der Waals surface area contributed by atoms with Gasteiger partial charge in [0.25, 0.3) is 0 Å². The normalized spacial score (nSPS) is 10.6. The van der Waals surface area contributed by atoms with Gasteiger partial charge in [-0.2, -0.15) is 0 Å². The van der Waals surface area contributed by atoms with Crippen molar-refractivity contribution >= 4 is 0 Å². The van der Waals surface area contributed by atoms with Gasteiger partial charge in [0.05, 0.1) is 7.11 Å². The van der Waals surface area contributed by atoms with Gasteiger partial charge in [0, 0.05) is 0 Å². The molecule has 2 rings (SSSR count). The van der Waals surface area contributed by atoms with Crippen molar-refractivity contribution in [1.82, 2.24) is 0 Å². The Balaban J connectivity index is 2.12. The van der Waals surface area contributed by atoms with Crippen LogP contribution in [0.3, 0.4) is 0 Å². The van der Waals surface area contributed by atoms with Gasteiger partial charge in [-0.3, -0.25) is 0 Å². The molecule has 118 valence electrons. The van der Waals surface area contributed by atoms with Gasteiger partial charge in [0.1, 0.15) is 0 Å². The number of phenolic OH excluding ortho intramolecular Hbond substituents is 2. The molecule has 0 aliphatic carbocycles. The number of phenols is 2. The highest BCUT2D eigenvalue weighted by molar-refractivity contribution is 5.70. The minimum Gasteiger partial charge on any atom is -0.504 e. The molecule has 3 heteroatoms. The summed E-state index contributed by atoms with van der Waals surface area (Å²) in [6.07, 6.45) is 6.16. The Morgan fingerprint density at radius 2 is 1.64 bits per heavy atom. The fourth-order valence-electron chi connectivity index (χ4n) is 2.54. The second kappa shape index (κ2) is 7.74. The number of ether oxygens (including phenoxy) is 1. The Morgan fingerprint density at radius 1 is 0.909 bits per heavy atom. The molecule has 0 bridgehead atoms. The molecule has 2 aromatic carbocycles. The van der Waals surface area contributed by atoms with Crippen LogP contribution in [0.5, 0.6) is 17.2 Å². The first-order valence-corrected chi connectivity index (χ1v) is 7.85. The fraction of sp³-hybridized carbons (Fsp3) is 0.368. The van der Waals surface area contributed by atoms with E-state index in [1.807, 2.05) is 12.1 Å². The molecule has 0 atom stereocenters. The Labute approximate surface area is 132 Å². The molecule has 0 aromatic heterocycles. The number of rotatable bonds is 7. The van der Waals surface area contributed by atoms with Crippen LogP contribution in [-0.4, -0.2) is 17.3 Å². The summed E-state index contributed by atoms with van der Waals surface area (Å²) in [5.74, 6) is -0.115. The maximum absolute atomic E-state index is 9.76. The zero-order chi connectivity index (χ0) is 15.9. The molecule has 0 saturated heterocycles. The van der Waals surface area contributed by atoms with Gasteiger partial charge in [-0.25, -0.2) is 0 Å². The lowest BCUT2D eigenvalue weighted by atomic mass is 10.0. The number of hydrogen-bond acceptors (Lipinski definition) is 3. The van der Waals surface area contributed by atoms with E-state index in [2.05, 4.69) is 19.1 Å². The molecule has 2 aromatic rings. The molecule has 22 heavy (non-hydrogen) atoms. The van der Waals surface area contributed by atoms with Crippen molar-refractivity contribution in [3.8, 4) is 28.4 Å². The van der Waals surface area contributed by atoms with Gasteiger partial charge in [-0.05, 0) is 41.7 Å². The van der Waals surface area contributed by atoms with Crippen LogP contribution >= 0.6 is 0 Å². The van der Waals surface area contributed by atoms with Crippen LogP contribution < -0.4 is 4.74 Å². The highest BCUT2D eigenvalue weighted by atomic mass is 16.5. The van der Waals surface area contributed by atoms with Crippen molar-refractivity contribution in [2.24, 2.45) is 0 Å². The molecule has 0 unspecified atom stereocenters. The lowest BCUT2D eigenvalue weighted by molar-refractivity contribution is 0.351. The lowest BCUT2D eigenvalue weighted by Gasteiger charge is -2.09. The first-order valence-electron chi connectivity index (χ1n) is 7.85. The molecule has 3 nitrogen and oxygen atoms in total. The largest absolute Gasteiger partial charge is 0.504 e. The standard InChI is InChI=1S/C19H24O3/c1-3-4-5-6-7-14-8-10-15(11-9-14)16-12-17(20)19(21)18(13-16)22-2/h8-13,20-21H,3-7H2,1-2H3. The molecule has 0 saturated carbocycles. The number of methoxy groups -OCH3 is 1. The molecule has 0 radical (unpaired) electrons. The van der Waals surface area contributed by atoms with Gasteiger partial charge < -0.3 is 14.9 Å². The summed E-state index contributed by atoms with van der Waals surface area (Å²) in [6, 6.07) is 11.6. The van der Waals surface area contributed by atoms with E-state index in [0.717, 1.165) is 17.5 Å². The lowest BCUT2D eigenvalue weighted by Crippen LogP contribution is -1.88. The van der Waals surface area contributed by atoms with Crippen molar-refractivity contribution in [3.63, 3.8) is 0 Å². The number of hydrogen-bond donors (Lipinski definition) is 2. The minimum atomic E-state index is -0.223. The Kier molecular flexibility index (Phi) is 5.70. The van der Waals surface area contributed by atoms with Gasteiger partial charge in [-0.15, -0.1) is 0 Å². The average molecular weight is 300 g/mol. The van der Waals surface area contributed by atoms with E-state index < -0.39 is 0 Å². The van der Waals surface area contributed by atoms with E-state index in [4.69, 9.17) is 4.74 Å². The second-order valence-electron chi connectivity index (χ2n) is 5.55. The summed E-state index contributed by atoms with van der Waals surface area (Å²) in [5.41, 5.74) is 3.14. The Hall–Kier alpha value is -2.16. The smallest absolute Gasteiger partial charge is 0.200 e. The molecular weight excluding hydrogens is 276 g/mol. The number of aromatic hydroxyl groups is 2. The van der Waals surface area contributed by atoms with Crippen LogP contribution in [0.15, 0.2) is 36.4 Å². The van der Waals surface area contributed by atoms with Crippen LogP contribution in [0.4, 0.5) is 0 Å². The van der Waals surface area contributed by atoms with Crippen LogP contribution in [0.25, 0.3) is 11.1 Å². The molecule has 2 N–H and O–H groups in total. The third kappa shape index (κ3) is 3.94. The molecular formula is C19H24O3. The summed E-state index contributed by atoms with van der Waals surface area (Å²) in [4.78, 5) is 0. The highest BCUT2D eigenvalue weighted by Crippen LogP contribution is 2.39. The van der Waals surface area contributed by atoms with E-state index in [9.17, 15) is 10.2 Å². The van der Waals surface area contributed by atoms with Gasteiger partial charge >= 0.3 is 0 Å². The topological polar surface area (TPSA) is 49.7 Å². The zero-order valence-corrected chi connectivity index (χ0v) is 13.3. The van der Waals surface area contributed by atoms with Gasteiger partial charge in [0.2, 0.25) is 5.75 Å². The zero-order valence-electron chi connectivity index (χ0n) is 13.3. The quantitative estimate of drug-likeness (QED) is 0.565. The molecule has 0 amide bonds. The maximum Gasteiger partial charge on any atom is 0.200 e. The number of aryl methyl sites for hydroxylation is 1. The van der Waals surface area contributed by atoms with E-state index >= 15 is 0 Å². The summed E-state index contributed by atoms with van der Waals surface area (Å²) >= 11 is 0. The van der Waals surface area contributed by atoms with Crippen LogP contribution in [0.2, 0.25) is 0 Å². The summed E-state index contributed by atoms with van der Waals surface area (Å²) in [5, 5.41) is 19.4. The number of unbranched alkanes of at least 4 members (excludes halogenated alkanes) is 3. The minimum absolute atomic E-state index is 0.169. The van der Waals surface area contributed by atoms with Crippen molar-refractivity contribution < 1.29 is 14.9 Å². The SMILES string of the molecule is CCCCCCc1ccc(-c2cc(O)c(O)c(OC)c2)cc1. The van der Waals surface area contributed by atoms with Gasteiger partial charge in [-0.1, -0.05) is 50.5 Å². The van der Waals surface area contributed by atoms with E-state index in [0.29, 0.717) is 0 Å². The Bertz CT molecular complexity index is 603. The molecule has 0 aliphatic rings. The predicted octanol–water partition coefficient (Wildman–Crippen LogP) is 4.90.